The minimum absolute atomic E-state index is 0.101. The molecule has 0 unspecified atom stereocenters. The Bertz CT molecular complexity index is 847. The van der Waals surface area contributed by atoms with Crippen molar-refractivity contribution in [3.8, 4) is 0 Å². The Balaban J connectivity index is 1.79. The van der Waals surface area contributed by atoms with Gasteiger partial charge in [-0.1, -0.05) is 65.9 Å². The van der Waals surface area contributed by atoms with E-state index >= 15 is 0 Å². The van der Waals surface area contributed by atoms with E-state index in [1.807, 2.05) is 67.6 Å². The Morgan fingerprint density at radius 1 is 1.04 bits per heavy atom. The summed E-state index contributed by atoms with van der Waals surface area (Å²) in [5.74, 6) is -0.222. The molecule has 3 rings (SSSR count). The average Bonchev–Trinajstić information content (AvgIpc) is 3.03. The number of benzene rings is 2. The van der Waals surface area contributed by atoms with E-state index in [4.69, 9.17) is 0 Å². The van der Waals surface area contributed by atoms with E-state index in [-0.39, 0.29) is 19.1 Å². The number of aliphatic hydroxyl groups excluding tert-OH is 1. The zero-order valence-electron chi connectivity index (χ0n) is 14.7. The van der Waals surface area contributed by atoms with Crippen LogP contribution >= 0.6 is 0 Å². The molecule has 2 aromatic carbocycles. The monoisotopic (exact) mass is 350 g/mol. The first-order valence-corrected chi connectivity index (χ1v) is 8.57. The van der Waals surface area contributed by atoms with Crippen LogP contribution in [0.1, 0.15) is 27.3 Å². The lowest BCUT2D eigenvalue weighted by Crippen LogP contribution is -2.33. The smallest absolute Gasteiger partial charge is 0.276 e. The van der Waals surface area contributed by atoms with Crippen LogP contribution < -0.4 is 0 Å². The number of carbonyl (C=O) groups is 1. The normalized spacial score (nSPS) is 10.7. The van der Waals surface area contributed by atoms with Crippen LogP contribution in [0, 0.1) is 6.92 Å². The summed E-state index contributed by atoms with van der Waals surface area (Å²) in [6.07, 6.45) is 0. The van der Waals surface area contributed by atoms with Crippen molar-refractivity contribution < 1.29 is 9.90 Å². The molecule has 1 aromatic heterocycles. The number of hydrogen-bond donors (Lipinski definition) is 1. The van der Waals surface area contributed by atoms with E-state index < -0.39 is 0 Å². The fourth-order valence-corrected chi connectivity index (χ4v) is 2.79. The molecule has 0 spiro atoms. The van der Waals surface area contributed by atoms with Gasteiger partial charge in [0.2, 0.25) is 0 Å². The lowest BCUT2D eigenvalue weighted by molar-refractivity contribution is 0.0701. The van der Waals surface area contributed by atoms with Crippen molar-refractivity contribution >= 4 is 5.91 Å². The minimum atomic E-state index is -0.222. The summed E-state index contributed by atoms with van der Waals surface area (Å²) in [6.45, 7) is 2.97. The molecular weight excluding hydrogens is 328 g/mol. The van der Waals surface area contributed by atoms with Crippen LogP contribution in [0.4, 0.5) is 0 Å². The second-order valence-electron chi connectivity index (χ2n) is 6.10. The molecule has 26 heavy (non-hydrogen) atoms. The Labute approximate surface area is 152 Å². The minimum Gasteiger partial charge on any atom is -0.395 e. The molecule has 134 valence electrons. The molecular formula is C20H22N4O2. The van der Waals surface area contributed by atoms with E-state index in [0.29, 0.717) is 18.8 Å². The molecule has 0 atom stereocenters. The van der Waals surface area contributed by atoms with E-state index in [9.17, 15) is 9.90 Å². The molecule has 0 aliphatic carbocycles. The fraction of sp³-hybridized carbons (Fsp3) is 0.250. The average molecular weight is 350 g/mol. The third-order valence-electron chi connectivity index (χ3n) is 4.23. The highest BCUT2D eigenvalue weighted by atomic mass is 16.3. The van der Waals surface area contributed by atoms with E-state index in [1.165, 1.54) is 0 Å². The largest absolute Gasteiger partial charge is 0.395 e. The van der Waals surface area contributed by atoms with Gasteiger partial charge in [-0.15, -0.1) is 5.10 Å². The van der Waals surface area contributed by atoms with Crippen molar-refractivity contribution in [3.05, 3.63) is 83.2 Å². The van der Waals surface area contributed by atoms with Gasteiger partial charge in [0.1, 0.15) is 0 Å². The van der Waals surface area contributed by atoms with Crippen molar-refractivity contribution in [3.63, 3.8) is 0 Å². The van der Waals surface area contributed by atoms with Crippen molar-refractivity contribution in [2.75, 3.05) is 13.2 Å². The second kappa shape index (κ2) is 8.40. The Morgan fingerprint density at radius 2 is 1.65 bits per heavy atom. The predicted molar refractivity (Wildman–Crippen MR) is 98.6 cm³/mol. The number of carbonyl (C=O) groups excluding carboxylic acids is 1. The molecule has 3 aromatic rings. The molecule has 1 amide bonds. The van der Waals surface area contributed by atoms with Crippen LogP contribution in [-0.4, -0.2) is 44.1 Å². The number of nitrogens with zero attached hydrogens (tertiary/aromatic N) is 4. The highest BCUT2D eigenvalue weighted by Crippen LogP contribution is 2.13. The van der Waals surface area contributed by atoms with Crippen LogP contribution in [0.25, 0.3) is 0 Å². The number of rotatable bonds is 7. The van der Waals surface area contributed by atoms with Gasteiger partial charge in [-0.25, -0.2) is 4.68 Å². The van der Waals surface area contributed by atoms with E-state index in [2.05, 4.69) is 10.3 Å². The van der Waals surface area contributed by atoms with Gasteiger partial charge in [-0.2, -0.15) is 0 Å². The zero-order chi connectivity index (χ0) is 18.4. The van der Waals surface area contributed by atoms with Gasteiger partial charge < -0.3 is 10.0 Å². The number of hydrogen-bond acceptors (Lipinski definition) is 4. The van der Waals surface area contributed by atoms with Crippen LogP contribution in [-0.2, 0) is 13.1 Å². The van der Waals surface area contributed by atoms with Gasteiger partial charge in [-0.05, 0) is 18.1 Å². The van der Waals surface area contributed by atoms with Crippen LogP contribution in [0.5, 0.6) is 0 Å². The third kappa shape index (κ3) is 4.15. The maximum absolute atomic E-state index is 12.9. The Morgan fingerprint density at radius 3 is 2.27 bits per heavy atom. The standard InChI is InChI=1S/C20H22N4O2/c1-16-19(21-22-24(16)15-18-10-6-3-7-11-18)20(26)23(12-13-25)14-17-8-4-2-5-9-17/h2-11,25H,12-15H2,1H3. The van der Waals surface area contributed by atoms with E-state index in [0.717, 1.165) is 16.8 Å². The Hall–Kier alpha value is -2.99. The van der Waals surface area contributed by atoms with Gasteiger partial charge in [0, 0.05) is 13.1 Å². The van der Waals surface area contributed by atoms with Gasteiger partial charge in [0.15, 0.2) is 5.69 Å². The first-order chi connectivity index (χ1) is 12.7. The quantitative estimate of drug-likeness (QED) is 0.710. The van der Waals surface area contributed by atoms with E-state index in [1.54, 1.807) is 9.58 Å². The number of aromatic nitrogens is 3. The summed E-state index contributed by atoms with van der Waals surface area (Å²) in [5.41, 5.74) is 3.14. The molecule has 0 saturated heterocycles. The van der Waals surface area contributed by atoms with Gasteiger partial charge in [0.25, 0.3) is 5.91 Å². The number of amides is 1. The molecule has 0 fully saturated rings. The van der Waals surface area contributed by atoms with Gasteiger partial charge in [0.05, 0.1) is 18.8 Å². The third-order valence-corrected chi connectivity index (χ3v) is 4.23. The van der Waals surface area contributed by atoms with Crippen LogP contribution in [0.2, 0.25) is 0 Å². The molecule has 1 N–H and O–H groups in total. The summed E-state index contributed by atoms with van der Waals surface area (Å²) in [7, 11) is 0. The van der Waals surface area contributed by atoms with Crippen molar-refractivity contribution in [1.82, 2.24) is 19.9 Å². The maximum atomic E-state index is 12.9. The maximum Gasteiger partial charge on any atom is 0.276 e. The SMILES string of the molecule is Cc1c(C(=O)N(CCO)Cc2ccccc2)nnn1Cc1ccccc1. The Kier molecular flexibility index (Phi) is 5.76. The molecule has 6 heteroatoms. The topological polar surface area (TPSA) is 71.2 Å². The fourth-order valence-electron chi connectivity index (χ4n) is 2.79. The number of aliphatic hydroxyl groups is 1. The summed E-state index contributed by atoms with van der Waals surface area (Å²) in [6, 6.07) is 19.6. The zero-order valence-corrected chi connectivity index (χ0v) is 14.7. The summed E-state index contributed by atoms with van der Waals surface area (Å²) in [5, 5.41) is 17.6. The van der Waals surface area contributed by atoms with Crippen LogP contribution in [0.15, 0.2) is 60.7 Å². The molecule has 0 radical (unpaired) electrons. The summed E-state index contributed by atoms with van der Waals surface area (Å²) >= 11 is 0. The van der Waals surface area contributed by atoms with Crippen LogP contribution in [0.3, 0.4) is 0 Å². The lowest BCUT2D eigenvalue weighted by atomic mass is 10.2. The molecule has 0 aliphatic heterocycles. The van der Waals surface area contributed by atoms with Gasteiger partial charge in [-0.3, -0.25) is 4.79 Å². The highest BCUT2D eigenvalue weighted by Gasteiger charge is 2.22. The molecule has 0 saturated carbocycles. The van der Waals surface area contributed by atoms with Crippen molar-refractivity contribution in [2.45, 2.75) is 20.0 Å². The first-order valence-electron chi connectivity index (χ1n) is 8.57. The summed E-state index contributed by atoms with van der Waals surface area (Å²) < 4.78 is 1.72. The molecule has 6 nitrogen and oxygen atoms in total. The molecule has 1 heterocycles. The predicted octanol–water partition coefficient (Wildman–Crippen LogP) is 2.27. The lowest BCUT2D eigenvalue weighted by Gasteiger charge is -2.21. The molecule has 0 aliphatic rings. The van der Waals surface area contributed by atoms with Crippen molar-refractivity contribution in [2.24, 2.45) is 0 Å². The highest BCUT2D eigenvalue weighted by molar-refractivity contribution is 5.93. The van der Waals surface area contributed by atoms with Gasteiger partial charge >= 0.3 is 0 Å². The second-order valence-corrected chi connectivity index (χ2v) is 6.10. The summed E-state index contributed by atoms with van der Waals surface area (Å²) in [4.78, 5) is 14.5. The molecule has 0 bridgehead atoms. The van der Waals surface area contributed by atoms with Crippen molar-refractivity contribution in [1.29, 1.82) is 0 Å². The first kappa shape index (κ1) is 17.8.